The summed E-state index contributed by atoms with van der Waals surface area (Å²) in [6.07, 6.45) is -1.17. The van der Waals surface area contributed by atoms with Crippen LogP contribution in [-0.4, -0.2) is 107 Å². The molecule has 6 N–H and O–H groups in total. The van der Waals surface area contributed by atoms with E-state index in [-0.39, 0.29) is 30.5 Å². The Morgan fingerprint density at radius 1 is 1.20 bits per heavy atom. The molecule has 0 aromatic carbocycles. The summed E-state index contributed by atoms with van der Waals surface area (Å²) in [5, 5.41) is 60.5. The summed E-state index contributed by atoms with van der Waals surface area (Å²) in [5.41, 5.74) is 0.969. The molecule has 1 fully saturated rings. The lowest BCUT2D eigenvalue weighted by atomic mass is 9.88. The molecule has 8 atom stereocenters. The highest BCUT2D eigenvalue weighted by molar-refractivity contribution is 5.93. The summed E-state index contributed by atoms with van der Waals surface area (Å²) in [4.78, 5) is 35.8. The Morgan fingerprint density at radius 2 is 1.93 bits per heavy atom. The summed E-state index contributed by atoms with van der Waals surface area (Å²) in [5.74, 6) is -3.89. The van der Waals surface area contributed by atoms with Crippen LogP contribution in [0.4, 0.5) is 0 Å². The van der Waals surface area contributed by atoms with Gasteiger partial charge in [0.1, 0.15) is 37.2 Å². The van der Waals surface area contributed by atoms with Crippen molar-refractivity contribution >= 4 is 17.9 Å². The highest BCUT2D eigenvalue weighted by atomic mass is 16.8. The van der Waals surface area contributed by atoms with Crippen molar-refractivity contribution in [2.45, 2.75) is 56.3 Å². The zero-order valence-corrected chi connectivity index (χ0v) is 22.4. The molecule has 0 aromatic rings. The van der Waals surface area contributed by atoms with Crippen LogP contribution in [0.5, 0.6) is 0 Å². The van der Waals surface area contributed by atoms with Gasteiger partial charge in [-0.2, -0.15) is 0 Å². The molecule has 0 spiro atoms. The number of methoxy groups -OCH3 is 1. The van der Waals surface area contributed by atoms with Crippen LogP contribution in [0.15, 0.2) is 59.6 Å². The Bertz CT molecular complexity index is 1120. The number of hydrogen-bond acceptors (Lipinski definition) is 12. The van der Waals surface area contributed by atoms with Crippen molar-refractivity contribution in [3.8, 4) is 0 Å². The first-order valence-electron chi connectivity index (χ1n) is 12.9. The van der Waals surface area contributed by atoms with Crippen LogP contribution in [0.3, 0.4) is 0 Å². The fourth-order valence-electron chi connectivity index (χ4n) is 4.78. The molecule has 0 bridgehead atoms. The first-order valence-corrected chi connectivity index (χ1v) is 12.9. The number of hydrogen-bond donors (Lipinski definition) is 6. The van der Waals surface area contributed by atoms with Crippen LogP contribution in [0.1, 0.15) is 19.3 Å². The minimum absolute atomic E-state index is 0.0252. The fourth-order valence-corrected chi connectivity index (χ4v) is 4.78. The SMILES string of the molecule is C=CC1C(=CCC2=C[NH+](CCCC(=O)O)CC(C(=O)[O-])=C2)C(C(=O)OC)=COC1OC1OC(CO)C(O)C(O)C1O. The second-order valence-electron chi connectivity index (χ2n) is 9.74. The van der Waals surface area contributed by atoms with Gasteiger partial charge in [0, 0.05) is 17.6 Å². The number of allylic oxidation sites excluding steroid dienone is 3. The molecule has 226 valence electrons. The van der Waals surface area contributed by atoms with Crippen molar-refractivity contribution < 1.29 is 68.9 Å². The van der Waals surface area contributed by atoms with Crippen molar-refractivity contribution in [3.63, 3.8) is 0 Å². The fraction of sp³-hybridized carbons (Fsp3) is 0.519. The van der Waals surface area contributed by atoms with Crippen LogP contribution in [0, 0.1) is 5.92 Å². The summed E-state index contributed by atoms with van der Waals surface area (Å²) >= 11 is 0. The van der Waals surface area contributed by atoms with Crippen molar-refractivity contribution in [1.82, 2.24) is 0 Å². The molecule has 0 amide bonds. The normalized spacial score (nSPS) is 32.7. The van der Waals surface area contributed by atoms with E-state index in [0.717, 1.165) is 11.2 Å². The molecular weight excluding hydrogens is 546 g/mol. The first-order chi connectivity index (χ1) is 19.5. The number of rotatable bonds is 12. The van der Waals surface area contributed by atoms with Gasteiger partial charge < -0.3 is 59.3 Å². The molecule has 0 saturated carbocycles. The minimum Gasteiger partial charge on any atom is -0.545 e. The van der Waals surface area contributed by atoms with Crippen LogP contribution < -0.4 is 10.0 Å². The zero-order valence-electron chi connectivity index (χ0n) is 22.4. The van der Waals surface area contributed by atoms with Crippen molar-refractivity contribution in [2.75, 3.05) is 26.8 Å². The number of carboxylic acid groups (broad SMARTS) is 2. The third-order valence-electron chi connectivity index (χ3n) is 6.93. The number of esters is 1. The molecule has 1 saturated heterocycles. The second-order valence-corrected chi connectivity index (χ2v) is 9.74. The van der Waals surface area contributed by atoms with Crippen LogP contribution >= 0.6 is 0 Å². The zero-order chi connectivity index (χ0) is 30.3. The Hall–Kier alpha value is -3.37. The van der Waals surface area contributed by atoms with Gasteiger partial charge in [0.2, 0.25) is 6.29 Å². The predicted octanol–water partition coefficient (Wildman–Crippen LogP) is -3.34. The number of carboxylic acids is 2. The molecular formula is C27H35NO13. The Kier molecular flexibility index (Phi) is 11.4. The number of aliphatic hydroxyl groups excluding tert-OH is 4. The third kappa shape index (κ3) is 7.89. The van der Waals surface area contributed by atoms with Crippen molar-refractivity contribution in [3.05, 3.63) is 59.6 Å². The number of ether oxygens (including phenoxy) is 4. The van der Waals surface area contributed by atoms with Gasteiger partial charge in [-0.1, -0.05) is 12.2 Å². The molecule has 3 heterocycles. The van der Waals surface area contributed by atoms with Gasteiger partial charge in [-0.3, -0.25) is 4.79 Å². The lowest BCUT2D eigenvalue weighted by molar-refractivity contribution is -0.842. The number of aliphatic carboxylic acids is 2. The highest BCUT2D eigenvalue weighted by Gasteiger charge is 2.46. The van der Waals surface area contributed by atoms with Crippen molar-refractivity contribution in [2.24, 2.45) is 5.92 Å². The summed E-state index contributed by atoms with van der Waals surface area (Å²) in [6, 6.07) is 0. The topological polar surface area (TPSA) is 217 Å². The van der Waals surface area contributed by atoms with E-state index in [4.69, 9.17) is 24.1 Å². The van der Waals surface area contributed by atoms with Crippen molar-refractivity contribution in [1.29, 1.82) is 0 Å². The number of nitrogens with one attached hydrogen (secondary N) is 1. The van der Waals surface area contributed by atoms with Crippen LogP contribution in [0.25, 0.3) is 0 Å². The van der Waals surface area contributed by atoms with E-state index in [9.17, 15) is 39.9 Å². The minimum atomic E-state index is -1.70. The Labute approximate surface area is 235 Å². The van der Waals surface area contributed by atoms with Gasteiger partial charge >= 0.3 is 11.9 Å². The van der Waals surface area contributed by atoms with E-state index in [2.05, 4.69) is 6.58 Å². The van der Waals surface area contributed by atoms with Gasteiger partial charge in [0.05, 0.1) is 50.3 Å². The maximum atomic E-state index is 12.6. The van der Waals surface area contributed by atoms with Gasteiger partial charge in [-0.25, -0.2) is 4.79 Å². The van der Waals surface area contributed by atoms with Gasteiger partial charge in [0.15, 0.2) is 6.29 Å². The van der Waals surface area contributed by atoms with E-state index in [1.165, 1.54) is 19.3 Å². The standard InChI is InChI=1S/C27H35NO13/c1-3-16-17(7-6-14-9-15(24(35)36)11-28(10-14)8-4-5-20(30)31)18(25(37)38-2)13-39-26(16)41-27-23(34)22(33)21(32)19(12-29)40-27/h3,7,9-10,13,16,19,21-23,26-27,29,32-34H,1,4-6,8,11-12H2,2H3,(H,30,31)(H,35,36). The molecule has 0 radical (unpaired) electrons. The molecule has 3 rings (SSSR count). The summed E-state index contributed by atoms with van der Waals surface area (Å²) < 4.78 is 21.6. The van der Waals surface area contributed by atoms with E-state index >= 15 is 0 Å². The number of quaternary nitrogens is 1. The van der Waals surface area contributed by atoms with Crippen LogP contribution in [-0.2, 0) is 33.3 Å². The van der Waals surface area contributed by atoms with Gasteiger partial charge in [-0.05, 0) is 18.1 Å². The average molecular weight is 582 g/mol. The predicted molar refractivity (Wildman–Crippen MR) is 135 cm³/mol. The molecule has 8 unspecified atom stereocenters. The van der Waals surface area contributed by atoms with E-state index < -0.39 is 67.4 Å². The second kappa shape index (κ2) is 14.5. The van der Waals surface area contributed by atoms with E-state index in [0.29, 0.717) is 24.1 Å². The molecule has 0 aliphatic carbocycles. The molecule has 3 aliphatic heterocycles. The number of carbonyl (C=O) groups excluding carboxylic acids is 2. The Morgan fingerprint density at radius 3 is 2.54 bits per heavy atom. The third-order valence-corrected chi connectivity index (χ3v) is 6.93. The van der Waals surface area contributed by atoms with E-state index in [1.54, 1.807) is 12.3 Å². The number of carbonyl (C=O) groups is 3. The first kappa shape index (κ1) is 32.1. The largest absolute Gasteiger partial charge is 0.545 e. The molecule has 0 aromatic heterocycles. The molecule has 14 nitrogen and oxygen atoms in total. The monoisotopic (exact) mass is 581 g/mol. The Balaban J connectivity index is 1.88. The smallest absolute Gasteiger partial charge is 0.341 e. The highest BCUT2D eigenvalue weighted by Crippen LogP contribution is 2.35. The maximum Gasteiger partial charge on any atom is 0.341 e. The lowest BCUT2D eigenvalue weighted by Crippen LogP contribution is -3.08. The lowest BCUT2D eigenvalue weighted by Gasteiger charge is -2.42. The molecule has 3 aliphatic rings. The number of aliphatic hydroxyl groups is 4. The molecule has 41 heavy (non-hydrogen) atoms. The summed E-state index contributed by atoms with van der Waals surface area (Å²) in [7, 11) is 1.18. The quantitative estimate of drug-likeness (QED) is 0.0983. The average Bonchev–Trinajstić information content (AvgIpc) is 2.95. The van der Waals surface area contributed by atoms with Crippen LogP contribution in [0.2, 0.25) is 0 Å². The molecule has 14 heteroatoms. The van der Waals surface area contributed by atoms with Gasteiger partial charge in [-0.15, -0.1) is 6.58 Å². The van der Waals surface area contributed by atoms with E-state index in [1.807, 2.05) is 0 Å². The van der Waals surface area contributed by atoms with Gasteiger partial charge in [0.25, 0.3) is 0 Å². The maximum absolute atomic E-state index is 12.6. The summed E-state index contributed by atoms with van der Waals surface area (Å²) in [6.45, 7) is 3.62.